The molecule has 2 rings (SSSR count). The molecule has 1 aromatic carbocycles. The SMILES string of the molecule is Cc1ccc(C2CCNC(=O)C2C#N)cc1. The van der Waals surface area contributed by atoms with E-state index in [-0.39, 0.29) is 11.8 Å². The number of nitriles is 1. The summed E-state index contributed by atoms with van der Waals surface area (Å²) in [5.41, 5.74) is 2.28. The van der Waals surface area contributed by atoms with E-state index in [0.29, 0.717) is 6.54 Å². The summed E-state index contributed by atoms with van der Waals surface area (Å²) in [7, 11) is 0. The van der Waals surface area contributed by atoms with Crippen LogP contribution in [0.25, 0.3) is 0 Å². The van der Waals surface area contributed by atoms with Crippen LogP contribution in [0.2, 0.25) is 0 Å². The maximum atomic E-state index is 11.5. The van der Waals surface area contributed by atoms with Crippen LogP contribution >= 0.6 is 0 Å². The highest BCUT2D eigenvalue weighted by atomic mass is 16.1. The molecule has 3 nitrogen and oxygen atoms in total. The van der Waals surface area contributed by atoms with Crippen molar-refractivity contribution >= 4 is 5.91 Å². The van der Waals surface area contributed by atoms with Crippen molar-refractivity contribution in [2.24, 2.45) is 5.92 Å². The maximum Gasteiger partial charge on any atom is 0.237 e. The number of amides is 1. The summed E-state index contributed by atoms with van der Waals surface area (Å²) < 4.78 is 0. The van der Waals surface area contributed by atoms with E-state index in [0.717, 1.165) is 12.0 Å². The van der Waals surface area contributed by atoms with Gasteiger partial charge >= 0.3 is 0 Å². The third kappa shape index (κ3) is 1.92. The summed E-state index contributed by atoms with van der Waals surface area (Å²) >= 11 is 0. The maximum absolute atomic E-state index is 11.5. The second kappa shape index (κ2) is 4.36. The van der Waals surface area contributed by atoms with E-state index in [1.807, 2.05) is 31.2 Å². The zero-order valence-electron chi connectivity index (χ0n) is 9.23. The molecule has 1 N–H and O–H groups in total. The van der Waals surface area contributed by atoms with Gasteiger partial charge in [0.05, 0.1) is 6.07 Å². The van der Waals surface area contributed by atoms with Crippen molar-refractivity contribution in [1.29, 1.82) is 5.26 Å². The van der Waals surface area contributed by atoms with E-state index in [9.17, 15) is 4.79 Å². The minimum absolute atomic E-state index is 0.0411. The van der Waals surface area contributed by atoms with Crippen molar-refractivity contribution in [3.63, 3.8) is 0 Å². The van der Waals surface area contributed by atoms with E-state index in [1.165, 1.54) is 5.56 Å². The van der Waals surface area contributed by atoms with Crippen LogP contribution < -0.4 is 5.32 Å². The number of carbonyl (C=O) groups excluding carboxylic acids is 1. The Kier molecular flexibility index (Phi) is 2.91. The van der Waals surface area contributed by atoms with Gasteiger partial charge < -0.3 is 5.32 Å². The summed E-state index contributed by atoms with van der Waals surface area (Å²) in [6.07, 6.45) is 0.840. The third-order valence-corrected chi connectivity index (χ3v) is 3.08. The molecule has 0 saturated carbocycles. The molecule has 1 fully saturated rings. The molecule has 16 heavy (non-hydrogen) atoms. The van der Waals surface area contributed by atoms with Crippen molar-refractivity contribution < 1.29 is 4.79 Å². The predicted octanol–water partition coefficient (Wildman–Crippen LogP) is 1.74. The Morgan fingerprint density at radius 3 is 2.69 bits per heavy atom. The van der Waals surface area contributed by atoms with E-state index < -0.39 is 5.92 Å². The highest BCUT2D eigenvalue weighted by Gasteiger charge is 2.32. The molecule has 2 atom stereocenters. The lowest BCUT2D eigenvalue weighted by Gasteiger charge is -2.26. The highest BCUT2D eigenvalue weighted by molar-refractivity contribution is 5.83. The van der Waals surface area contributed by atoms with Crippen LogP contribution in [0.1, 0.15) is 23.5 Å². The van der Waals surface area contributed by atoms with Gasteiger partial charge in [-0.25, -0.2) is 0 Å². The van der Waals surface area contributed by atoms with E-state index in [2.05, 4.69) is 11.4 Å². The molecule has 2 unspecified atom stereocenters. The summed E-state index contributed by atoms with van der Waals surface area (Å²) in [6.45, 7) is 2.69. The third-order valence-electron chi connectivity index (χ3n) is 3.08. The molecular formula is C13H14N2O. The largest absolute Gasteiger partial charge is 0.355 e. The fraction of sp³-hybridized carbons (Fsp3) is 0.385. The predicted molar refractivity (Wildman–Crippen MR) is 60.6 cm³/mol. The Morgan fingerprint density at radius 2 is 2.06 bits per heavy atom. The van der Waals surface area contributed by atoms with Crippen LogP contribution in [-0.2, 0) is 4.79 Å². The first kappa shape index (κ1) is 10.7. The lowest BCUT2D eigenvalue weighted by molar-refractivity contribution is -0.125. The molecule has 1 aliphatic heterocycles. The minimum Gasteiger partial charge on any atom is -0.355 e. The molecule has 3 heteroatoms. The number of nitrogens with one attached hydrogen (secondary N) is 1. The number of hydrogen-bond donors (Lipinski definition) is 1. The molecule has 0 bridgehead atoms. The van der Waals surface area contributed by atoms with Gasteiger partial charge in [0, 0.05) is 12.5 Å². The van der Waals surface area contributed by atoms with E-state index in [4.69, 9.17) is 5.26 Å². The first-order valence-electron chi connectivity index (χ1n) is 5.46. The fourth-order valence-electron chi connectivity index (χ4n) is 2.13. The molecule has 1 heterocycles. The molecule has 1 saturated heterocycles. The van der Waals surface area contributed by atoms with Crippen LogP contribution in [0.5, 0.6) is 0 Å². The van der Waals surface area contributed by atoms with Gasteiger partial charge in [0.1, 0.15) is 5.92 Å². The topological polar surface area (TPSA) is 52.9 Å². The van der Waals surface area contributed by atoms with Crippen molar-refractivity contribution in [2.45, 2.75) is 19.3 Å². The Balaban J connectivity index is 2.28. The number of rotatable bonds is 1. The summed E-state index contributed by atoms with van der Waals surface area (Å²) in [6, 6.07) is 10.2. The van der Waals surface area contributed by atoms with E-state index >= 15 is 0 Å². The number of hydrogen-bond acceptors (Lipinski definition) is 2. The van der Waals surface area contributed by atoms with Crippen LogP contribution in [0, 0.1) is 24.2 Å². The molecule has 1 amide bonds. The Hall–Kier alpha value is -1.82. The number of carbonyl (C=O) groups is 1. The fourth-order valence-corrected chi connectivity index (χ4v) is 2.13. The van der Waals surface area contributed by atoms with Crippen molar-refractivity contribution in [2.75, 3.05) is 6.54 Å². The van der Waals surface area contributed by atoms with Gasteiger partial charge in [0.25, 0.3) is 0 Å². The number of piperidine rings is 1. The standard InChI is InChI=1S/C13H14N2O/c1-9-2-4-10(5-3-9)11-6-7-15-13(16)12(11)8-14/h2-5,11-12H,6-7H2,1H3,(H,15,16). The molecule has 0 spiro atoms. The number of nitrogens with zero attached hydrogens (tertiary/aromatic N) is 1. The van der Waals surface area contributed by atoms with E-state index in [1.54, 1.807) is 0 Å². The van der Waals surface area contributed by atoms with Crippen LogP contribution in [-0.4, -0.2) is 12.5 Å². The Bertz CT molecular complexity index is 430. The highest BCUT2D eigenvalue weighted by Crippen LogP contribution is 2.30. The second-order valence-corrected chi connectivity index (χ2v) is 4.20. The van der Waals surface area contributed by atoms with Gasteiger partial charge in [0.2, 0.25) is 5.91 Å². The average molecular weight is 214 g/mol. The first-order valence-corrected chi connectivity index (χ1v) is 5.46. The molecule has 0 aromatic heterocycles. The van der Waals surface area contributed by atoms with Crippen LogP contribution in [0.4, 0.5) is 0 Å². The summed E-state index contributed by atoms with van der Waals surface area (Å²) in [5, 5.41) is 11.8. The Morgan fingerprint density at radius 1 is 1.38 bits per heavy atom. The average Bonchev–Trinajstić information content (AvgIpc) is 2.30. The molecule has 0 radical (unpaired) electrons. The van der Waals surface area contributed by atoms with Gasteiger partial charge in [0.15, 0.2) is 0 Å². The van der Waals surface area contributed by atoms with Crippen molar-refractivity contribution in [1.82, 2.24) is 5.32 Å². The van der Waals surface area contributed by atoms with Crippen molar-refractivity contribution in [3.8, 4) is 6.07 Å². The van der Waals surface area contributed by atoms with Crippen LogP contribution in [0.3, 0.4) is 0 Å². The van der Waals surface area contributed by atoms with Gasteiger partial charge in [-0.1, -0.05) is 29.8 Å². The number of aryl methyl sites for hydroxylation is 1. The molecular weight excluding hydrogens is 200 g/mol. The lowest BCUT2D eigenvalue weighted by atomic mass is 9.81. The molecule has 1 aromatic rings. The molecule has 1 aliphatic rings. The number of benzene rings is 1. The lowest BCUT2D eigenvalue weighted by Crippen LogP contribution is -2.40. The first-order chi connectivity index (χ1) is 7.72. The van der Waals surface area contributed by atoms with Crippen molar-refractivity contribution in [3.05, 3.63) is 35.4 Å². The zero-order valence-corrected chi connectivity index (χ0v) is 9.23. The minimum atomic E-state index is -0.545. The molecule has 0 aliphatic carbocycles. The van der Waals surface area contributed by atoms with Gasteiger partial charge in [-0.15, -0.1) is 0 Å². The normalized spacial score (nSPS) is 24.6. The Labute approximate surface area is 95.1 Å². The monoisotopic (exact) mass is 214 g/mol. The summed E-state index contributed by atoms with van der Waals surface area (Å²) in [4.78, 5) is 11.5. The smallest absolute Gasteiger partial charge is 0.237 e. The van der Waals surface area contributed by atoms with Gasteiger partial charge in [-0.3, -0.25) is 4.79 Å². The van der Waals surface area contributed by atoms with Crippen LogP contribution in [0.15, 0.2) is 24.3 Å². The molecule has 82 valence electrons. The second-order valence-electron chi connectivity index (χ2n) is 4.20. The summed E-state index contributed by atoms with van der Waals surface area (Å²) in [5.74, 6) is -0.643. The zero-order chi connectivity index (χ0) is 11.5. The van der Waals surface area contributed by atoms with Gasteiger partial charge in [-0.05, 0) is 18.9 Å². The quantitative estimate of drug-likeness (QED) is 0.774. The van der Waals surface area contributed by atoms with Gasteiger partial charge in [-0.2, -0.15) is 5.26 Å².